The van der Waals surface area contributed by atoms with E-state index in [-0.39, 0.29) is 13.6 Å². The number of rotatable bonds is 8. The monoisotopic (exact) mass is 308 g/mol. The fourth-order valence-corrected chi connectivity index (χ4v) is 2.10. The molecule has 6 nitrogen and oxygen atoms in total. The predicted molar refractivity (Wildman–Crippen MR) is 79.8 cm³/mol. The molecular formula is C16H20O6. The standard InChI is InChI=1S/C16H20O6/c1-4-5-6-12-14-11(16(17)22-12)7-8-13(20-9-18-2)15(14)21-10-19-3/h6-8H,4-5,9-10H2,1-3H3/b12-6-. The first-order valence-electron chi connectivity index (χ1n) is 7.06. The van der Waals surface area contributed by atoms with Crippen molar-refractivity contribution >= 4 is 11.7 Å². The second-order valence-corrected chi connectivity index (χ2v) is 4.66. The number of fused-ring (bicyclic) bond motifs is 1. The van der Waals surface area contributed by atoms with Gasteiger partial charge in [0.25, 0.3) is 0 Å². The molecule has 22 heavy (non-hydrogen) atoms. The Balaban J connectivity index is 2.46. The van der Waals surface area contributed by atoms with Crippen molar-refractivity contribution in [2.45, 2.75) is 19.8 Å². The maximum atomic E-state index is 12.0. The van der Waals surface area contributed by atoms with E-state index in [2.05, 4.69) is 6.92 Å². The molecule has 1 aliphatic heterocycles. The van der Waals surface area contributed by atoms with Gasteiger partial charge >= 0.3 is 5.97 Å². The number of benzene rings is 1. The highest BCUT2D eigenvalue weighted by Crippen LogP contribution is 2.43. The number of carbonyl (C=O) groups excluding carboxylic acids is 1. The first-order valence-corrected chi connectivity index (χ1v) is 7.06. The second-order valence-electron chi connectivity index (χ2n) is 4.66. The van der Waals surface area contributed by atoms with Gasteiger partial charge in [0.15, 0.2) is 25.1 Å². The smallest absolute Gasteiger partial charge is 0.344 e. The van der Waals surface area contributed by atoms with Crippen molar-refractivity contribution < 1.29 is 28.5 Å². The van der Waals surface area contributed by atoms with E-state index in [1.165, 1.54) is 14.2 Å². The van der Waals surface area contributed by atoms with Gasteiger partial charge in [0, 0.05) is 14.2 Å². The van der Waals surface area contributed by atoms with Crippen molar-refractivity contribution in [3.8, 4) is 11.5 Å². The molecule has 0 radical (unpaired) electrons. The zero-order valence-electron chi connectivity index (χ0n) is 13.0. The van der Waals surface area contributed by atoms with Crippen molar-refractivity contribution in [2.24, 2.45) is 0 Å². The Hall–Kier alpha value is -2.05. The molecule has 0 aromatic heterocycles. The number of esters is 1. The SMILES string of the molecule is CCC/C=C1\OC(=O)c2ccc(OCOC)c(OCOC)c21. The van der Waals surface area contributed by atoms with E-state index in [1.807, 2.05) is 6.08 Å². The quantitative estimate of drug-likeness (QED) is 0.543. The Labute approximate surface area is 129 Å². The summed E-state index contributed by atoms with van der Waals surface area (Å²) in [6.07, 6.45) is 3.63. The van der Waals surface area contributed by atoms with Crippen LogP contribution in [0.25, 0.3) is 5.76 Å². The fourth-order valence-electron chi connectivity index (χ4n) is 2.10. The highest BCUT2D eigenvalue weighted by molar-refractivity contribution is 6.04. The van der Waals surface area contributed by atoms with E-state index < -0.39 is 5.97 Å². The topological polar surface area (TPSA) is 63.2 Å². The highest BCUT2D eigenvalue weighted by Gasteiger charge is 2.32. The van der Waals surface area contributed by atoms with Gasteiger partial charge in [0.2, 0.25) is 0 Å². The number of methoxy groups -OCH3 is 2. The van der Waals surface area contributed by atoms with E-state index in [1.54, 1.807) is 12.1 Å². The number of hydrogen-bond acceptors (Lipinski definition) is 6. The highest BCUT2D eigenvalue weighted by atomic mass is 16.7. The molecule has 0 spiro atoms. The first kappa shape index (κ1) is 16.3. The Morgan fingerprint density at radius 2 is 1.86 bits per heavy atom. The van der Waals surface area contributed by atoms with E-state index in [9.17, 15) is 4.79 Å². The van der Waals surface area contributed by atoms with Crippen molar-refractivity contribution in [3.05, 3.63) is 29.3 Å². The van der Waals surface area contributed by atoms with E-state index in [0.717, 1.165) is 12.8 Å². The summed E-state index contributed by atoms with van der Waals surface area (Å²) in [6.45, 7) is 2.16. The van der Waals surface area contributed by atoms with E-state index in [0.29, 0.717) is 28.4 Å². The van der Waals surface area contributed by atoms with Gasteiger partial charge < -0.3 is 23.7 Å². The van der Waals surface area contributed by atoms with Crippen molar-refractivity contribution in [1.82, 2.24) is 0 Å². The summed E-state index contributed by atoms with van der Waals surface area (Å²) in [7, 11) is 3.05. The number of unbranched alkanes of at least 4 members (excludes halogenated alkanes) is 1. The Morgan fingerprint density at radius 3 is 2.55 bits per heavy atom. The van der Waals surface area contributed by atoms with E-state index >= 15 is 0 Å². The van der Waals surface area contributed by atoms with Crippen LogP contribution < -0.4 is 9.47 Å². The third kappa shape index (κ3) is 3.40. The molecule has 0 saturated carbocycles. The molecule has 120 valence electrons. The van der Waals surface area contributed by atoms with Crippen LogP contribution in [0.1, 0.15) is 35.7 Å². The van der Waals surface area contributed by atoms with Crippen LogP contribution in [0.15, 0.2) is 18.2 Å². The van der Waals surface area contributed by atoms with Crippen LogP contribution in [0.4, 0.5) is 0 Å². The first-order chi connectivity index (χ1) is 10.7. The third-order valence-corrected chi connectivity index (χ3v) is 3.06. The van der Waals surface area contributed by atoms with Gasteiger partial charge in [0.1, 0.15) is 5.76 Å². The number of carbonyl (C=O) groups is 1. The molecular weight excluding hydrogens is 288 g/mol. The molecule has 6 heteroatoms. The molecule has 0 saturated heterocycles. The second kappa shape index (κ2) is 7.82. The van der Waals surface area contributed by atoms with Crippen LogP contribution in [0.2, 0.25) is 0 Å². The summed E-state index contributed by atoms with van der Waals surface area (Å²) >= 11 is 0. The van der Waals surface area contributed by atoms with Crippen LogP contribution >= 0.6 is 0 Å². The fraction of sp³-hybridized carbons (Fsp3) is 0.438. The summed E-state index contributed by atoms with van der Waals surface area (Å²) in [4.78, 5) is 12.0. The normalized spacial score (nSPS) is 14.9. The van der Waals surface area contributed by atoms with Gasteiger partial charge in [-0.1, -0.05) is 13.3 Å². The molecule has 1 aliphatic rings. The Morgan fingerprint density at radius 1 is 1.14 bits per heavy atom. The maximum absolute atomic E-state index is 12.0. The summed E-state index contributed by atoms with van der Waals surface area (Å²) in [5.41, 5.74) is 1.06. The molecule has 1 aromatic rings. The molecule has 0 unspecified atom stereocenters. The van der Waals surface area contributed by atoms with Crippen LogP contribution in [0, 0.1) is 0 Å². The minimum atomic E-state index is -0.391. The third-order valence-electron chi connectivity index (χ3n) is 3.06. The zero-order valence-corrected chi connectivity index (χ0v) is 13.0. The largest absolute Gasteiger partial charge is 0.464 e. The average molecular weight is 308 g/mol. The molecule has 0 aliphatic carbocycles. The van der Waals surface area contributed by atoms with E-state index in [4.69, 9.17) is 23.7 Å². The van der Waals surface area contributed by atoms with Gasteiger partial charge in [-0.05, 0) is 24.6 Å². The summed E-state index contributed by atoms with van der Waals surface area (Å²) < 4.78 is 26.3. The lowest BCUT2D eigenvalue weighted by Gasteiger charge is -2.14. The van der Waals surface area contributed by atoms with Crippen LogP contribution in [0.5, 0.6) is 11.5 Å². The van der Waals surface area contributed by atoms with Crippen LogP contribution in [0.3, 0.4) is 0 Å². The number of cyclic esters (lactones) is 1. The van der Waals surface area contributed by atoms with Crippen molar-refractivity contribution in [3.63, 3.8) is 0 Å². The lowest BCUT2D eigenvalue weighted by atomic mass is 10.1. The molecule has 0 amide bonds. The summed E-state index contributed by atoms with van der Waals surface area (Å²) in [5, 5.41) is 0. The molecule has 0 N–H and O–H groups in total. The predicted octanol–water partition coefficient (Wildman–Crippen LogP) is 2.96. The molecule has 2 rings (SSSR count). The number of allylic oxidation sites excluding steroid dienone is 1. The van der Waals surface area contributed by atoms with Gasteiger partial charge in [-0.15, -0.1) is 0 Å². The van der Waals surface area contributed by atoms with Gasteiger partial charge in [-0.2, -0.15) is 0 Å². The molecule has 0 bridgehead atoms. The minimum absolute atomic E-state index is 0.0367. The number of ether oxygens (including phenoxy) is 5. The summed E-state index contributed by atoms with van der Waals surface area (Å²) in [6, 6.07) is 3.32. The molecule has 1 aromatic carbocycles. The Kier molecular flexibility index (Phi) is 5.80. The maximum Gasteiger partial charge on any atom is 0.344 e. The summed E-state index contributed by atoms with van der Waals surface area (Å²) in [5.74, 6) is 0.997. The molecule has 0 atom stereocenters. The van der Waals surface area contributed by atoms with Gasteiger partial charge in [0.05, 0.1) is 11.1 Å². The number of hydrogen-bond donors (Lipinski definition) is 0. The van der Waals surface area contributed by atoms with Crippen molar-refractivity contribution in [1.29, 1.82) is 0 Å². The average Bonchev–Trinajstić information content (AvgIpc) is 2.85. The van der Waals surface area contributed by atoms with Gasteiger partial charge in [-0.25, -0.2) is 4.79 Å². The van der Waals surface area contributed by atoms with Crippen LogP contribution in [-0.4, -0.2) is 33.8 Å². The molecule has 1 heterocycles. The van der Waals surface area contributed by atoms with Gasteiger partial charge in [-0.3, -0.25) is 0 Å². The lowest BCUT2D eigenvalue weighted by Crippen LogP contribution is -2.06. The lowest BCUT2D eigenvalue weighted by molar-refractivity contribution is 0.0320. The van der Waals surface area contributed by atoms with Crippen molar-refractivity contribution in [2.75, 3.05) is 27.8 Å². The Bertz CT molecular complexity index is 564. The minimum Gasteiger partial charge on any atom is -0.464 e. The van der Waals surface area contributed by atoms with Crippen LogP contribution in [-0.2, 0) is 14.2 Å². The zero-order chi connectivity index (χ0) is 15.9. The molecule has 0 fully saturated rings.